The molecule has 0 saturated carbocycles. The van der Waals surface area contributed by atoms with Crippen LogP contribution in [0.3, 0.4) is 0 Å². The molecule has 0 spiro atoms. The van der Waals surface area contributed by atoms with Crippen LogP contribution in [0.1, 0.15) is 47.0 Å². The number of hydrogen-bond acceptors (Lipinski definition) is 1. The second-order valence-corrected chi connectivity index (χ2v) is 5.03. The molecule has 1 atom stereocenters. The average Bonchev–Trinajstić information content (AvgIpc) is 2.45. The predicted octanol–water partition coefficient (Wildman–Crippen LogP) is 3.90. The molecule has 1 rings (SSSR count). The summed E-state index contributed by atoms with van der Waals surface area (Å²) in [6, 6.07) is 0. The Labute approximate surface area is 93.3 Å². The van der Waals surface area contributed by atoms with Gasteiger partial charge in [-0.3, -0.25) is 4.79 Å². The lowest BCUT2D eigenvalue weighted by atomic mass is 9.76. The second-order valence-electron chi connectivity index (χ2n) is 5.03. The molecular weight excluding hydrogens is 184 g/mol. The smallest absolute Gasteiger partial charge is 0.145 e. The summed E-state index contributed by atoms with van der Waals surface area (Å²) in [6.45, 7) is 8.85. The molecule has 1 heteroatoms. The fraction of sp³-hybridized carbons (Fsp3) is 0.643. The highest BCUT2D eigenvalue weighted by atomic mass is 16.1. The monoisotopic (exact) mass is 206 g/mol. The van der Waals surface area contributed by atoms with E-state index in [0.717, 1.165) is 31.1 Å². The van der Waals surface area contributed by atoms with Crippen LogP contribution in [-0.4, -0.2) is 6.29 Å². The second kappa shape index (κ2) is 4.78. The van der Waals surface area contributed by atoms with Gasteiger partial charge in [0.1, 0.15) is 6.29 Å². The van der Waals surface area contributed by atoms with Crippen LogP contribution in [0.15, 0.2) is 23.3 Å². The number of carbonyl (C=O) groups is 1. The number of carbonyl (C=O) groups excluding carboxylic acids is 1. The van der Waals surface area contributed by atoms with Gasteiger partial charge < -0.3 is 0 Å². The van der Waals surface area contributed by atoms with Gasteiger partial charge in [-0.25, -0.2) is 0 Å². The van der Waals surface area contributed by atoms with E-state index in [-0.39, 0.29) is 0 Å². The van der Waals surface area contributed by atoms with Gasteiger partial charge in [0.15, 0.2) is 0 Å². The van der Waals surface area contributed by atoms with Crippen molar-refractivity contribution in [3.8, 4) is 0 Å². The van der Waals surface area contributed by atoms with E-state index in [2.05, 4.69) is 32.9 Å². The van der Waals surface area contributed by atoms with E-state index in [9.17, 15) is 4.79 Å². The van der Waals surface area contributed by atoms with Crippen LogP contribution < -0.4 is 0 Å². The molecule has 0 aromatic heterocycles. The largest absolute Gasteiger partial charge is 0.298 e. The van der Waals surface area contributed by atoms with Crippen LogP contribution in [0.2, 0.25) is 0 Å². The molecule has 1 aliphatic carbocycles. The van der Waals surface area contributed by atoms with E-state index in [1.165, 1.54) is 5.57 Å². The first-order valence-electron chi connectivity index (χ1n) is 5.83. The van der Waals surface area contributed by atoms with E-state index in [0.29, 0.717) is 11.3 Å². The van der Waals surface area contributed by atoms with Crippen LogP contribution >= 0.6 is 0 Å². The predicted molar refractivity (Wildman–Crippen MR) is 64.7 cm³/mol. The van der Waals surface area contributed by atoms with Crippen molar-refractivity contribution in [1.29, 1.82) is 0 Å². The summed E-state index contributed by atoms with van der Waals surface area (Å²) < 4.78 is 0. The summed E-state index contributed by atoms with van der Waals surface area (Å²) in [4.78, 5) is 10.7. The van der Waals surface area contributed by atoms with Gasteiger partial charge in [-0.2, -0.15) is 0 Å². The fourth-order valence-corrected chi connectivity index (χ4v) is 2.16. The lowest BCUT2D eigenvalue weighted by molar-refractivity contribution is -0.105. The zero-order valence-corrected chi connectivity index (χ0v) is 10.3. The highest BCUT2D eigenvalue weighted by molar-refractivity contribution is 5.72. The van der Waals surface area contributed by atoms with Crippen molar-refractivity contribution in [3.63, 3.8) is 0 Å². The molecule has 0 aliphatic heterocycles. The normalized spacial score (nSPS) is 25.2. The highest BCUT2D eigenvalue weighted by Crippen LogP contribution is 2.44. The Bertz CT molecular complexity index is 294. The maximum Gasteiger partial charge on any atom is 0.145 e. The van der Waals surface area contributed by atoms with Crippen LogP contribution in [0.25, 0.3) is 0 Å². The molecule has 0 fully saturated rings. The maximum absolute atomic E-state index is 10.7. The topological polar surface area (TPSA) is 17.1 Å². The van der Waals surface area contributed by atoms with Crippen molar-refractivity contribution in [1.82, 2.24) is 0 Å². The Morgan fingerprint density at radius 3 is 2.67 bits per heavy atom. The molecule has 84 valence electrons. The van der Waals surface area contributed by atoms with Gasteiger partial charge in [0.25, 0.3) is 0 Å². The summed E-state index contributed by atoms with van der Waals surface area (Å²) in [5.74, 6) is 0.666. The van der Waals surface area contributed by atoms with E-state index in [1.54, 1.807) is 0 Å². The SMILES string of the molecule is CC/C(C=O)=C/CC1CC=C(C)C1(C)C. The summed E-state index contributed by atoms with van der Waals surface area (Å²) in [5.41, 5.74) is 2.73. The maximum atomic E-state index is 10.7. The Hall–Kier alpha value is -0.850. The van der Waals surface area contributed by atoms with Crippen LogP contribution in [-0.2, 0) is 4.79 Å². The lowest BCUT2D eigenvalue weighted by Gasteiger charge is -2.29. The van der Waals surface area contributed by atoms with Gasteiger partial charge in [-0.1, -0.05) is 38.5 Å². The van der Waals surface area contributed by atoms with E-state index in [4.69, 9.17) is 0 Å². The van der Waals surface area contributed by atoms with Crippen LogP contribution in [0.4, 0.5) is 0 Å². The number of allylic oxidation sites excluding steroid dienone is 4. The summed E-state index contributed by atoms with van der Waals surface area (Å²) in [6.07, 6.45) is 8.48. The molecule has 0 aromatic rings. The molecule has 15 heavy (non-hydrogen) atoms. The molecule has 0 N–H and O–H groups in total. The Morgan fingerprint density at radius 2 is 2.27 bits per heavy atom. The third kappa shape index (κ3) is 2.58. The minimum absolute atomic E-state index is 0.304. The van der Waals surface area contributed by atoms with Gasteiger partial charge in [-0.15, -0.1) is 0 Å². The van der Waals surface area contributed by atoms with Gasteiger partial charge >= 0.3 is 0 Å². The van der Waals surface area contributed by atoms with Crippen molar-refractivity contribution in [2.45, 2.75) is 47.0 Å². The van der Waals surface area contributed by atoms with Crippen molar-refractivity contribution >= 4 is 6.29 Å². The first-order chi connectivity index (χ1) is 7.02. The molecule has 1 unspecified atom stereocenters. The minimum Gasteiger partial charge on any atom is -0.298 e. The van der Waals surface area contributed by atoms with Crippen molar-refractivity contribution in [2.24, 2.45) is 11.3 Å². The van der Waals surface area contributed by atoms with Crippen molar-refractivity contribution < 1.29 is 4.79 Å². The highest BCUT2D eigenvalue weighted by Gasteiger charge is 2.33. The summed E-state index contributed by atoms with van der Waals surface area (Å²) >= 11 is 0. The van der Waals surface area contributed by atoms with E-state index < -0.39 is 0 Å². The first-order valence-corrected chi connectivity index (χ1v) is 5.83. The van der Waals surface area contributed by atoms with E-state index >= 15 is 0 Å². The third-order valence-corrected chi connectivity index (χ3v) is 3.97. The standard InChI is InChI=1S/C14H22O/c1-5-12(10-15)7-9-13-8-6-11(2)14(13,3)4/h6-7,10,13H,5,8-9H2,1-4H3/b12-7-. The van der Waals surface area contributed by atoms with Gasteiger partial charge in [0, 0.05) is 0 Å². The lowest BCUT2D eigenvalue weighted by Crippen LogP contribution is -2.19. The van der Waals surface area contributed by atoms with Crippen LogP contribution in [0, 0.1) is 11.3 Å². The fourth-order valence-electron chi connectivity index (χ4n) is 2.16. The van der Waals surface area contributed by atoms with Crippen molar-refractivity contribution in [3.05, 3.63) is 23.3 Å². The summed E-state index contributed by atoms with van der Waals surface area (Å²) in [7, 11) is 0. The molecule has 0 heterocycles. The molecule has 1 nitrogen and oxygen atoms in total. The number of rotatable bonds is 4. The molecule has 0 bridgehead atoms. The minimum atomic E-state index is 0.304. The zero-order valence-electron chi connectivity index (χ0n) is 10.3. The van der Waals surface area contributed by atoms with Gasteiger partial charge in [0.2, 0.25) is 0 Å². The molecule has 0 radical (unpaired) electrons. The summed E-state index contributed by atoms with van der Waals surface area (Å²) in [5, 5.41) is 0. The molecule has 0 aromatic carbocycles. The Kier molecular flexibility index (Phi) is 3.90. The third-order valence-electron chi connectivity index (χ3n) is 3.97. The average molecular weight is 206 g/mol. The molecular formula is C14H22O. The van der Waals surface area contributed by atoms with E-state index in [1.807, 2.05) is 6.92 Å². The molecule has 1 aliphatic rings. The zero-order chi connectivity index (χ0) is 11.5. The molecule has 0 saturated heterocycles. The molecule has 0 amide bonds. The van der Waals surface area contributed by atoms with Crippen molar-refractivity contribution in [2.75, 3.05) is 0 Å². The number of aldehydes is 1. The van der Waals surface area contributed by atoms with Crippen LogP contribution in [0.5, 0.6) is 0 Å². The van der Waals surface area contributed by atoms with Gasteiger partial charge in [-0.05, 0) is 43.1 Å². The van der Waals surface area contributed by atoms with Gasteiger partial charge in [0.05, 0.1) is 0 Å². The Morgan fingerprint density at radius 1 is 1.60 bits per heavy atom. The first kappa shape index (κ1) is 12.2. The quantitative estimate of drug-likeness (QED) is 0.387. The number of hydrogen-bond donors (Lipinski definition) is 0. The Balaban J connectivity index is 2.63.